The molecule has 0 bridgehead atoms. The second kappa shape index (κ2) is 6.69. The number of fused-ring (bicyclic) bond motifs is 1. The number of aromatic nitrogens is 3. The van der Waals surface area contributed by atoms with Crippen molar-refractivity contribution < 1.29 is 4.79 Å². The topological polar surface area (TPSA) is 51.9 Å². The molecule has 1 aromatic carbocycles. The standard InChI is InChI=1S/C18H22N4O/c1-3-21-11-9-19-17(21)13-20-18(23)8-10-22-14(2)12-15-6-4-5-7-16(15)22/h4-7,9,11-12H,3,8,10,13H2,1-2H3,(H,20,23). The molecule has 0 atom stereocenters. The van der Waals surface area contributed by atoms with Crippen molar-refractivity contribution in [3.05, 3.63) is 54.2 Å². The fourth-order valence-electron chi connectivity index (χ4n) is 2.92. The SMILES string of the molecule is CCn1ccnc1CNC(=O)CCn1c(C)cc2ccccc21. The summed E-state index contributed by atoms with van der Waals surface area (Å²) >= 11 is 0. The number of benzene rings is 1. The predicted molar refractivity (Wildman–Crippen MR) is 91.0 cm³/mol. The fourth-order valence-corrected chi connectivity index (χ4v) is 2.92. The van der Waals surface area contributed by atoms with Crippen LogP contribution in [-0.2, 0) is 24.4 Å². The molecule has 0 spiro atoms. The number of hydrogen-bond donors (Lipinski definition) is 1. The Kier molecular flexibility index (Phi) is 4.46. The minimum Gasteiger partial charge on any atom is -0.349 e. The number of rotatable bonds is 6. The summed E-state index contributed by atoms with van der Waals surface area (Å²) in [7, 11) is 0. The van der Waals surface area contributed by atoms with Crippen LogP contribution in [0, 0.1) is 6.92 Å². The Labute approximate surface area is 135 Å². The molecule has 3 aromatic rings. The van der Waals surface area contributed by atoms with Gasteiger partial charge in [0.1, 0.15) is 5.82 Å². The normalized spacial score (nSPS) is 11.0. The Bertz CT molecular complexity index is 815. The van der Waals surface area contributed by atoms with Gasteiger partial charge >= 0.3 is 0 Å². The number of para-hydroxylation sites is 1. The molecule has 0 unspecified atom stereocenters. The smallest absolute Gasteiger partial charge is 0.222 e. The summed E-state index contributed by atoms with van der Waals surface area (Å²) in [6, 6.07) is 10.4. The van der Waals surface area contributed by atoms with Crippen molar-refractivity contribution in [2.75, 3.05) is 0 Å². The highest BCUT2D eigenvalue weighted by Crippen LogP contribution is 2.19. The van der Waals surface area contributed by atoms with E-state index in [1.807, 2.05) is 22.9 Å². The zero-order chi connectivity index (χ0) is 16.2. The third-order valence-electron chi connectivity index (χ3n) is 4.17. The number of nitrogens with one attached hydrogen (secondary N) is 1. The van der Waals surface area contributed by atoms with E-state index >= 15 is 0 Å². The molecule has 1 amide bonds. The van der Waals surface area contributed by atoms with Crippen LogP contribution in [0.2, 0.25) is 0 Å². The van der Waals surface area contributed by atoms with Gasteiger partial charge < -0.3 is 14.5 Å². The van der Waals surface area contributed by atoms with E-state index in [0.717, 1.165) is 12.4 Å². The zero-order valence-corrected chi connectivity index (χ0v) is 13.6. The lowest BCUT2D eigenvalue weighted by Gasteiger charge is -2.09. The summed E-state index contributed by atoms with van der Waals surface area (Å²) in [6.07, 6.45) is 4.16. The van der Waals surface area contributed by atoms with Gasteiger partial charge in [-0.1, -0.05) is 18.2 Å². The number of hydrogen-bond acceptors (Lipinski definition) is 2. The average Bonchev–Trinajstić information content (AvgIpc) is 3.14. The number of nitrogens with zero attached hydrogens (tertiary/aromatic N) is 3. The highest BCUT2D eigenvalue weighted by molar-refractivity contribution is 5.81. The van der Waals surface area contributed by atoms with Gasteiger partial charge in [0.15, 0.2) is 0 Å². The van der Waals surface area contributed by atoms with Crippen molar-refractivity contribution in [3.8, 4) is 0 Å². The summed E-state index contributed by atoms with van der Waals surface area (Å²) in [5.74, 6) is 0.941. The minimum absolute atomic E-state index is 0.0489. The van der Waals surface area contributed by atoms with Crippen molar-refractivity contribution in [1.82, 2.24) is 19.4 Å². The largest absolute Gasteiger partial charge is 0.349 e. The van der Waals surface area contributed by atoms with Crippen LogP contribution in [0.4, 0.5) is 0 Å². The van der Waals surface area contributed by atoms with E-state index < -0.39 is 0 Å². The predicted octanol–water partition coefficient (Wildman–Crippen LogP) is 2.87. The average molecular weight is 310 g/mol. The third-order valence-corrected chi connectivity index (χ3v) is 4.17. The van der Waals surface area contributed by atoms with E-state index in [9.17, 15) is 4.79 Å². The molecule has 0 saturated heterocycles. The molecular formula is C18H22N4O. The Morgan fingerprint density at radius 2 is 2.13 bits per heavy atom. The van der Waals surface area contributed by atoms with E-state index in [2.05, 4.69) is 46.9 Å². The van der Waals surface area contributed by atoms with E-state index in [1.54, 1.807) is 6.20 Å². The highest BCUT2D eigenvalue weighted by Gasteiger charge is 2.08. The van der Waals surface area contributed by atoms with Crippen molar-refractivity contribution in [1.29, 1.82) is 0 Å². The molecule has 23 heavy (non-hydrogen) atoms. The van der Waals surface area contributed by atoms with Crippen LogP contribution in [-0.4, -0.2) is 20.0 Å². The Balaban J connectivity index is 1.59. The number of aryl methyl sites for hydroxylation is 3. The van der Waals surface area contributed by atoms with Crippen LogP contribution >= 0.6 is 0 Å². The van der Waals surface area contributed by atoms with Gasteiger partial charge in [-0.05, 0) is 31.4 Å². The molecule has 5 nitrogen and oxygen atoms in total. The molecule has 0 aliphatic carbocycles. The van der Waals surface area contributed by atoms with Crippen molar-refractivity contribution in [2.45, 2.75) is 39.9 Å². The van der Waals surface area contributed by atoms with Crippen LogP contribution in [0.1, 0.15) is 24.9 Å². The van der Waals surface area contributed by atoms with E-state index in [0.29, 0.717) is 19.5 Å². The molecule has 120 valence electrons. The number of amides is 1. The fraction of sp³-hybridized carbons (Fsp3) is 0.333. The summed E-state index contributed by atoms with van der Waals surface area (Å²) in [5, 5.41) is 4.17. The van der Waals surface area contributed by atoms with Crippen LogP contribution in [0.15, 0.2) is 42.7 Å². The molecule has 0 saturated carbocycles. The molecule has 3 rings (SSSR count). The molecule has 0 aliphatic rings. The lowest BCUT2D eigenvalue weighted by Crippen LogP contribution is -2.25. The second-order valence-electron chi connectivity index (χ2n) is 5.65. The first-order valence-electron chi connectivity index (χ1n) is 8.00. The molecule has 0 aliphatic heterocycles. The lowest BCUT2D eigenvalue weighted by atomic mass is 10.2. The monoisotopic (exact) mass is 310 g/mol. The third kappa shape index (κ3) is 3.28. The van der Waals surface area contributed by atoms with E-state index in [1.165, 1.54) is 16.6 Å². The maximum absolute atomic E-state index is 12.1. The number of carbonyl (C=O) groups excluding carboxylic acids is 1. The lowest BCUT2D eigenvalue weighted by molar-refractivity contribution is -0.121. The molecule has 0 radical (unpaired) electrons. The first-order valence-corrected chi connectivity index (χ1v) is 8.00. The van der Waals surface area contributed by atoms with Crippen LogP contribution in [0.25, 0.3) is 10.9 Å². The molecule has 1 N–H and O–H groups in total. The van der Waals surface area contributed by atoms with Crippen LogP contribution in [0.3, 0.4) is 0 Å². The summed E-state index contributed by atoms with van der Waals surface area (Å²) in [5.41, 5.74) is 2.36. The maximum atomic E-state index is 12.1. The van der Waals surface area contributed by atoms with Crippen LogP contribution < -0.4 is 5.32 Å². The van der Waals surface area contributed by atoms with Crippen molar-refractivity contribution in [3.63, 3.8) is 0 Å². The first kappa shape index (κ1) is 15.3. The number of carbonyl (C=O) groups is 1. The van der Waals surface area contributed by atoms with Crippen LogP contribution in [0.5, 0.6) is 0 Å². The van der Waals surface area contributed by atoms with Crippen molar-refractivity contribution >= 4 is 16.8 Å². The van der Waals surface area contributed by atoms with Gasteiger partial charge in [-0.25, -0.2) is 4.98 Å². The molecular weight excluding hydrogens is 288 g/mol. The molecule has 5 heteroatoms. The molecule has 0 fully saturated rings. The number of imidazole rings is 1. The maximum Gasteiger partial charge on any atom is 0.222 e. The summed E-state index contributed by atoms with van der Waals surface area (Å²) in [4.78, 5) is 16.4. The Hall–Kier alpha value is -2.56. The van der Waals surface area contributed by atoms with Gasteiger partial charge in [0.05, 0.1) is 6.54 Å². The first-order chi connectivity index (χ1) is 11.2. The summed E-state index contributed by atoms with van der Waals surface area (Å²) < 4.78 is 4.23. The van der Waals surface area contributed by atoms with Gasteiger partial charge in [-0.15, -0.1) is 0 Å². The molecule has 2 aromatic heterocycles. The second-order valence-corrected chi connectivity index (χ2v) is 5.65. The van der Waals surface area contributed by atoms with E-state index in [-0.39, 0.29) is 5.91 Å². The quantitative estimate of drug-likeness (QED) is 0.761. The minimum atomic E-state index is 0.0489. The van der Waals surface area contributed by atoms with Gasteiger partial charge in [-0.3, -0.25) is 4.79 Å². The van der Waals surface area contributed by atoms with E-state index in [4.69, 9.17) is 0 Å². The Morgan fingerprint density at radius 3 is 2.96 bits per heavy atom. The zero-order valence-electron chi connectivity index (χ0n) is 13.6. The highest BCUT2D eigenvalue weighted by atomic mass is 16.1. The molecule has 2 heterocycles. The van der Waals surface area contributed by atoms with Gasteiger partial charge in [0.25, 0.3) is 0 Å². The van der Waals surface area contributed by atoms with Gasteiger partial charge in [0.2, 0.25) is 5.91 Å². The summed E-state index contributed by atoms with van der Waals surface area (Å²) in [6.45, 7) is 6.17. The van der Waals surface area contributed by atoms with Crippen molar-refractivity contribution in [2.24, 2.45) is 0 Å². The Morgan fingerprint density at radius 1 is 1.30 bits per heavy atom. The van der Waals surface area contributed by atoms with Gasteiger partial charge in [0, 0.05) is 43.1 Å². The van der Waals surface area contributed by atoms with Gasteiger partial charge in [-0.2, -0.15) is 0 Å².